The van der Waals surface area contributed by atoms with Crippen LogP contribution >= 0.6 is 0 Å². The minimum atomic E-state index is 0.890. The molecule has 4 unspecified atom stereocenters. The lowest BCUT2D eigenvalue weighted by Gasteiger charge is -2.35. The van der Waals surface area contributed by atoms with Crippen LogP contribution in [-0.2, 0) is 0 Å². The second kappa shape index (κ2) is 5.59. The van der Waals surface area contributed by atoms with Gasteiger partial charge in [0, 0.05) is 0 Å². The molecule has 0 radical (unpaired) electrons. The van der Waals surface area contributed by atoms with Gasteiger partial charge < -0.3 is 0 Å². The Kier molecular flexibility index (Phi) is 4.33. The number of allylic oxidation sites excluding steroid dienone is 2. The van der Waals surface area contributed by atoms with E-state index in [1.54, 1.807) is 5.57 Å². The van der Waals surface area contributed by atoms with E-state index < -0.39 is 0 Å². The number of hydrogen-bond donors (Lipinski definition) is 0. The molecule has 17 heavy (non-hydrogen) atoms. The van der Waals surface area contributed by atoms with E-state index in [2.05, 4.69) is 33.8 Å². The van der Waals surface area contributed by atoms with Gasteiger partial charge in [0.15, 0.2) is 0 Å². The second-order valence-electron chi connectivity index (χ2n) is 7.34. The fraction of sp³-hybridized carbons (Fsp3) is 0.882. The van der Waals surface area contributed by atoms with Crippen LogP contribution in [0.25, 0.3) is 0 Å². The van der Waals surface area contributed by atoms with Gasteiger partial charge in [-0.3, -0.25) is 0 Å². The van der Waals surface area contributed by atoms with Crippen molar-refractivity contribution in [1.29, 1.82) is 0 Å². The number of hydrogen-bond acceptors (Lipinski definition) is 0. The van der Waals surface area contributed by atoms with Crippen LogP contribution in [0.5, 0.6) is 0 Å². The first-order valence-corrected chi connectivity index (χ1v) is 7.70. The highest BCUT2D eigenvalue weighted by molar-refractivity contribution is 5.06. The van der Waals surface area contributed by atoms with E-state index in [4.69, 9.17) is 0 Å². The first-order valence-electron chi connectivity index (χ1n) is 7.70. The van der Waals surface area contributed by atoms with Crippen molar-refractivity contribution in [3.63, 3.8) is 0 Å². The van der Waals surface area contributed by atoms with Gasteiger partial charge in [0.1, 0.15) is 0 Å². The highest BCUT2D eigenvalue weighted by atomic mass is 14.3. The summed E-state index contributed by atoms with van der Waals surface area (Å²) in [7, 11) is 0. The standard InChI is InChI=1S/C17H30/c1-12-5-13(2)8-16(7-12)11-17-9-14(3)6-15(4)10-17/h7,13-17H,5-6,8-11H2,1-4H3. The lowest BCUT2D eigenvalue weighted by molar-refractivity contribution is 0.189. The van der Waals surface area contributed by atoms with E-state index in [1.807, 2.05) is 0 Å². The molecule has 0 spiro atoms. The molecule has 2 rings (SSSR count). The monoisotopic (exact) mass is 234 g/mol. The minimum absolute atomic E-state index is 0.890. The molecule has 0 nitrogen and oxygen atoms in total. The summed E-state index contributed by atoms with van der Waals surface area (Å²) < 4.78 is 0. The van der Waals surface area contributed by atoms with Crippen LogP contribution in [-0.4, -0.2) is 0 Å². The molecule has 2 aliphatic rings. The van der Waals surface area contributed by atoms with E-state index in [-0.39, 0.29) is 0 Å². The third kappa shape index (κ3) is 3.86. The Morgan fingerprint density at radius 3 is 2.18 bits per heavy atom. The molecule has 4 atom stereocenters. The predicted octanol–water partition coefficient (Wildman–Crippen LogP) is 5.44. The summed E-state index contributed by atoms with van der Waals surface area (Å²) in [6.45, 7) is 9.66. The molecule has 2 aliphatic carbocycles. The molecular weight excluding hydrogens is 204 g/mol. The van der Waals surface area contributed by atoms with Gasteiger partial charge in [-0.15, -0.1) is 0 Å². The third-order valence-electron chi connectivity index (χ3n) is 4.81. The van der Waals surface area contributed by atoms with Crippen molar-refractivity contribution in [3.05, 3.63) is 11.6 Å². The zero-order valence-electron chi connectivity index (χ0n) is 12.2. The Morgan fingerprint density at radius 1 is 0.941 bits per heavy atom. The summed E-state index contributed by atoms with van der Waals surface area (Å²) in [5.74, 6) is 4.75. The largest absolute Gasteiger partial charge is 0.0825 e. The molecule has 0 heteroatoms. The zero-order chi connectivity index (χ0) is 12.4. The van der Waals surface area contributed by atoms with Gasteiger partial charge in [-0.1, -0.05) is 32.4 Å². The van der Waals surface area contributed by atoms with Crippen molar-refractivity contribution >= 4 is 0 Å². The summed E-state index contributed by atoms with van der Waals surface area (Å²) in [6.07, 6.45) is 11.3. The Bertz CT molecular complexity index is 266. The average molecular weight is 234 g/mol. The van der Waals surface area contributed by atoms with Crippen LogP contribution in [0.15, 0.2) is 11.6 Å². The van der Waals surface area contributed by atoms with Crippen molar-refractivity contribution in [3.8, 4) is 0 Å². The van der Waals surface area contributed by atoms with Crippen molar-refractivity contribution in [2.24, 2.45) is 29.6 Å². The topological polar surface area (TPSA) is 0 Å². The highest BCUT2D eigenvalue weighted by Crippen LogP contribution is 2.39. The minimum Gasteiger partial charge on any atom is -0.0825 e. The Labute approximate surface area is 108 Å². The summed E-state index contributed by atoms with van der Waals surface area (Å²) in [5, 5.41) is 0. The van der Waals surface area contributed by atoms with Crippen LogP contribution in [0.4, 0.5) is 0 Å². The lowest BCUT2D eigenvalue weighted by atomic mass is 9.71. The van der Waals surface area contributed by atoms with E-state index in [0.29, 0.717) is 0 Å². The fourth-order valence-corrected chi connectivity index (χ4v) is 4.59. The van der Waals surface area contributed by atoms with E-state index >= 15 is 0 Å². The average Bonchev–Trinajstić information content (AvgIpc) is 2.13. The molecule has 0 N–H and O–H groups in total. The first kappa shape index (κ1) is 13.2. The van der Waals surface area contributed by atoms with Crippen molar-refractivity contribution in [1.82, 2.24) is 0 Å². The van der Waals surface area contributed by atoms with Gasteiger partial charge in [0.25, 0.3) is 0 Å². The van der Waals surface area contributed by atoms with Crippen LogP contribution < -0.4 is 0 Å². The van der Waals surface area contributed by atoms with Gasteiger partial charge in [0.05, 0.1) is 0 Å². The Morgan fingerprint density at radius 2 is 1.59 bits per heavy atom. The van der Waals surface area contributed by atoms with E-state index in [0.717, 1.165) is 29.6 Å². The predicted molar refractivity (Wildman–Crippen MR) is 75.9 cm³/mol. The molecule has 0 aromatic carbocycles. The van der Waals surface area contributed by atoms with Crippen LogP contribution in [0.1, 0.15) is 66.2 Å². The molecule has 1 saturated carbocycles. The molecule has 0 bridgehead atoms. The van der Waals surface area contributed by atoms with Crippen molar-refractivity contribution < 1.29 is 0 Å². The highest BCUT2D eigenvalue weighted by Gasteiger charge is 2.27. The third-order valence-corrected chi connectivity index (χ3v) is 4.81. The summed E-state index contributed by atoms with van der Waals surface area (Å²) in [6, 6.07) is 0. The van der Waals surface area contributed by atoms with Gasteiger partial charge in [-0.2, -0.15) is 0 Å². The van der Waals surface area contributed by atoms with Gasteiger partial charge in [-0.25, -0.2) is 0 Å². The molecule has 1 fully saturated rings. The summed E-state index contributed by atoms with van der Waals surface area (Å²) in [4.78, 5) is 0. The molecule has 0 amide bonds. The maximum Gasteiger partial charge on any atom is -0.0226 e. The van der Waals surface area contributed by atoms with Gasteiger partial charge >= 0.3 is 0 Å². The van der Waals surface area contributed by atoms with Crippen molar-refractivity contribution in [2.45, 2.75) is 66.2 Å². The fourth-order valence-electron chi connectivity index (χ4n) is 4.59. The van der Waals surface area contributed by atoms with E-state index in [9.17, 15) is 0 Å². The molecule has 98 valence electrons. The molecule has 0 saturated heterocycles. The maximum atomic E-state index is 2.59. The smallest absolute Gasteiger partial charge is 0.0226 e. The molecule has 0 aromatic heterocycles. The zero-order valence-corrected chi connectivity index (χ0v) is 12.2. The van der Waals surface area contributed by atoms with Gasteiger partial charge in [0.2, 0.25) is 0 Å². The summed E-state index contributed by atoms with van der Waals surface area (Å²) >= 11 is 0. The lowest BCUT2D eigenvalue weighted by Crippen LogP contribution is -2.23. The maximum absolute atomic E-state index is 2.59. The summed E-state index contributed by atoms with van der Waals surface area (Å²) in [5.41, 5.74) is 1.64. The first-order chi connectivity index (χ1) is 8.02. The Balaban J connectivity index is 1.90. The molecule has 0 aliphatic heterocycles. The number of rotatable bonds is 2. The van der Waals surface area contributed by atoms with Crippen LogP contribution in [0.3, 0.4) is 0 Å². The van der Waals surface area contributed by atoms with Crippen LogP contribution in [0, 0.1) is 29.6 Å². The normalized spacial score (nSPS) is 43.3. The SMILES string of the molecule is CC1=CC(CC2CC(C)CC(C)C2)CC(C)C1. The van der Waals surface area contributed by atoms with Crippen LogP contribution in [0.2, 0.25) is 0 Å². The second-order valence-corrected chi connectivity index (χ2v) is 7.34. The molecular formula is C17H30. The molecule has 0 heterocycles. The Hall–Kier alpha value is -0.260. The quantitative estimate of drug-likeness (QED) is 0.558. The van der Waals surface area contributed by atoms with Crippen molar-refractivity contribution in [2.75, 3.05) is 0 Å². The van der Waals surface area contributed by atoms with Gasteiger partial charge in [-0.05, 0) is 75.0 Å². The van der Waals surface area contributed by atoms with E-state index in [1.165, 1.54) is 38.5 Å². The molecule has 0 aromatic rings.